The average Bonchev–Trinajstić information content (AvgIpc) is 2.17. The van der Waals surface area contributed by atoms with Gasteiger partial charge in [0.05, 0.1) is 6.04 Å². The Balaban J connectivity index is 3.77. The van der Waals surface area contributed by atoms with Gasteiger partial charge in [-0.25, -0.2) is 4.79 Å². The van der Waals surface area contributed by atoms with Gasteiger partial charge in [-0.15, -0.1) is 0 Å². The monoisotopic (exact) mass is 230 g/mol. The lowest BCUT2D eigenvalue weighted by atomic mass is 10.3. The predicted octanol–water partition coefficient (Wildman–Crippen LogP) is -0.628. The third kappa shape index (κ3) is 7.19. The molecule has 6 heteroatoms. The predicted molar refractivity (Wildman–Crippen MR) is 63.2 cm³/mol. The first kappa shape index (κ1) is 14.9. The summed E-state index contributed by atoms with van der Waals surface area (Å²) in [6.07, 6.45) is 0. The molecule has 0 spiro atoms. The number of urea groups is 1. The summed E-state index contributed by atoms with van der Waals surface area (Å²) in [6.45, 7) is 5.57. The van der Waals surface area contributed by atoms with Gasteiger partial charge in [0.25, 0.3) is 0 Å². The minimum atomic E-state index is -0.450. The lowest BCUT2D eigenvalue weighted by Gasteiger charge is -2.15. The first-order valence-corrected chi connectivity index (χ1v) is 5.44. The fourth-order valence-electron chi connectivity index (χ4n) is 1.02. The average molecular weight is 230 g/mol. The highest BCUT2D eigenvalue weighted by Gasteiger charge is 2.14. The Kier molecular flexibility index (Phi) is 7.49. The lowest BCUT2D eigenvalue weighted by molar-refractivity contribution is -0.121. The van der Waals surface area contributed by atoms with Crippen molar-refractivity contribution in [2.45, 2.75) is 19.9 Å². The van der Waals surface area contributed by atoms with E-state index in [0.717, 1.165) is 6.54 Å². The van der Waals surface area contributed by atoms with Gasteiger partial charge in [0, 0.05) is 19.6 Å². The molecule has 6 nitrogen and oxygen atoms in total. The molecular formula is C10H22N4O2. The van der Waals surface area contributed by atoms with E-state index in [1.807, 2.05) is 19.0 Å². The molecule has 16 heavy (non-hydrogen) atoms. The van der Waals surface area contributed by atoms with Crippen LogP contribution >= 0.6 is 0 Å². The molecule has 0 saturated carbocycles. The van der Waals surface area contributed by atoms with Crippen molar-refractivity contribution >= 4 is 11.9 Å². The second-order valence-electron chi connectivity index (χ2n) is 3.83. The fourth-order valence-corrected chi connectivity index (χ4v) is 1.02. The summed E-state index contributed by atoms with van der Waals surface area (Å²) in [5.74, 6) is -0.315. The van der Waals surface area contributed by atoms with Crippen LogP contribution in [0.25, 0.3) is 0 Å². The zero-order valence-corrected chi connectivity index (χ0v) is 10.5. The molecule has 0 fully saturated rings. The van der Waals surface area contributed by atoms with Gasteiger partial charge in [-0.05, 0) is 27.9 Å². The molecule has 0 radical (unpaired) electrons. The Morgan fingerprint density at radius 2 is 1.94 bits per heavy atom. The van der Waals surface area contributed by atoms with E-state index in [0.29, 0.717) is 13.1 Å². The van der Waals surface area contributed by atoms with Crippen molar-refractivity contribution in [1.29, 1.82) is 0 Å². The molecule has 0 aliphatic rings. The van der Waals surface area contributed by atoms with Crippen LogP contribution in [0, 0.1) is 0 Å². The van der Waals surface area contributed by atoms with Crippen LogP contribution in [0.1, 0.15) is 13.8 Å². The minimum Gasteiger partial charge on any atom is -0.338 e. The molecule has 1 atom stereocenters. The largest absolute Gasteiger partial charge is 0.338 e. The Labute approximate surface area is 96.8 Å². The van der Waals surface area contributed by atoms with Crippen LogP contribution < -0.4 is 16.0 Å². The molecule has 0 aromatic heterocycles. The minimum absolute atomic E-state index is 0.315. The zero-order valence-electron chi connectivity index (χ0n) is 10.5. The van der Waals surface area contributed by atoms with Crippen molar-refractivity contribution in [2.24, 2.45) is 0 Å². The van der Waals surface area contributed by atoms with E-state index in [9.17, 15) is 9.59 Å². The molecule has 0 aliphatic carbocycles. The van der Waals surface area contributed by atoms with Gasteiger partial charge >= 0.3 is 6.03 Å². The van der Waals surface area contributed by atoms with Crippen LogP contribution in [-0.4, -0.2) is 56.6 Å². The van der Waals surface area contributed by atoms with Crippen molar-refractivity contribution < 1.29 is 9.59 Å². The Morgan fingerprint density at radius 3 is 2.44 bits per heavy atom. The summed E-state index contributed by atoms with van der Waals surface area (Å²) < 4.78 is 0. The van der Waals surface area contributed by atoms with Gasteiger partial charge in [0.2, 0.25) is 5.91 Å². The maximum Gasteiger partial charge on any atom is 0.321 e. The van der Waals surface area contributed by atoms with Crippen molar-refractivity contribution in [3.8, 4) is 0 Å². The number of amides is 3. The first-order chi connectivity index (χ1) is 7.47. The zero-order chi connectivity index (χ0) is 12.6. The third-order valence-electron chi connectivity index (χ3n) is 1.98. The second kappa shape index (κ2) is 8.06. The quantitative estimate of drug-likeness (QED) is 0.568. The molecule has 3 N–H and O–H groups in total. The van der Waals surface area contributed by atoms with E-state index < -0.39 is 6.03 Å². The standard InChI is InChI=1S/C10H22N4O2/c1-5-11-10(16)13-9(15)8(2)12-6-7-14(3)4/h8,12H,5-7H2,1-4H3,(H2,11,13,15,16). The number of imide groups is 1. The highest BCUT2D eigenvalue weighted by atomic mass is 16.2. The molecule has 0 heterocycles. The Hall–Kier alpha value is -1.14. The molecule has 0 aromatic rings. The molecule has 0 bridgehead atoms. The normalized spacial score (nSPS) is 12.3. The van der Waals surface area contributed by atoms with Crippen LogP contribution in [0.3, 0.4) is 0 Å². The summed E-state index contributed by atoms with van der Waals surface area (Å²) in [5.41, 5.74) is 0. The topological polar surface area (TPSA) is 73.5 Å². The van der Waals surface area contributed by atoms with Crippen LogP contribution in [0.2, 0.25) is 0 Å². The second-order valence-corrected chi connectivity index (χ2v) is 3.83. The Morgan fingerprint density at radius 1 is 1.31 bits per heavy atom. The number of hydrogen-bond donors (Lipinski definition) is 3. The highest BCUT2D eigenvalue weighted by Crippen LogP contribution is 1.82. The van der Waals surface area contributed by atoms with Crippen molar-refractivity contribution in [2.75, 3.05) is 33.7 Å². The highest BCUT2D eigenvalue weighted by molar-refractivity contribution is 5.96. The van der Waals surface area contributed by atoms with Crippen LogP contribution in [0.15, 0.2) is 0 Å². The van der Waals surface area contributed by atoms with Gasteiger partial charge in [-0.3, -0.25) is 10.1 Å². The number of likely N-dealkylation sites (N-methyl/N-ethyl adjacent to an activating group) is 1. The summed E-state index contributed by atoms with van der Waals surface area (Å²) >= 11 is 0. The Bertz CT molecular complexity index is 231. The maximum absolute atomic E-state index is 11.5. The molecule has 0 saturated heterocycles. The van der Waals surface area contributed by atoms with Gasteiger partial charge in [-0.2, -0.15) is 0 Å². The van der Waals surface area contributed by atoms with Gasteiger partial charge in [-0.1, -0.05) is 0 Å². The van der Waals surface area contributed by atoms with E-state index in [-0.39, 0.29) is 11.9 Å². The summed E-state index contributed by atoms with van der Waals surface area (Å²) in [4.78, 5) is 24.5. The molecule has 1 unspecified atom stereocenters. The number of rotatable bonds is 6. The number of nitrogens with zero attached hydrogens (tertiary/aromatic N) is 1. The number of hydrogen-bond acceptors (Lipinski definition) is 4. The molecule has 94 valence electrons. The summed E-state index contributed by atoms with van der Waals surface area (Å²) in [6, 6.07) is -0.823. The van der Waals surface area contributed by atoms with E-state index in [1.165, 1.54) is 0 Å². The van der Waals surface area contributed by atoms with E-state index in [2.05, 4.69) is 16.0 Å². The lowest BCUT2D eigenvalue weighted by Crippen LogP contribution is -2.49. The van der Waals surface area contributed by atoms with E-state index >= 15 is 0 Å². The summed E-state index contributed by atoms with van der Waals surface area (Å²) in [7, 11) is 3.92. The van der Waals surface area contributed by atoms with Gasteiger partial charge in [0.15, 0.2) is 0 Å². The van der Waals surface area contributed by atoms with E-state index in [4.69, 9.17) is 0 Å². The van der Waals surface area contributed by atoms with Crippen LogP contribution in [0.5, 0.6) is 0 Å². The number of carbonyl (C=O) groups is 2. The molecule has 0 rings (SSSR count). The summed E-state index contributed by atoms with van der Waals surface area (Å²) in [5, 5.41) is 7.78. The van der Waals surface area contributed by atoms with Gasteiger partial charge < -0.3 is 15.5 Å². The number of carbonyl (C=O) groups excluding carboxylic acids is 2. The smallest absolute Gasteiger partial charge is 0.321 e. The van der Waals surface area contributed by atoms with E-state index in [1.54, 1.807) is 13.8 Å². The van der Waals surface area contributed by atoms with Crippen LogP contribution in [-0.2, 0) is 4.79 Å². The first-order valence-electron chi connectivity index (χ1n) is 5.44. The van der Waals surface area contributed by atoms with Gasteiger partial charge in [0.1, 0.15) is 0 Å². The maximum atomic E-state index is 11.5. The molecule has 0 aliphatic heterocycles. The fraction of sp³-hybridized carbons (Fsp3) is 0.800. The molecule has 3 amide bonds. The number of nitrogens with one attached hydrogen (secondary N) is 3. The van der Waals surface area contributed by atoms with Crippen molar-refractivity contribution in [1.82, 2.24) is 20.9 Å². The molecular weight excluding hydrogens is 208 g/mol. The third-order valence-corrected chi connectivity index (χ3v) is 1.98. The SMILES string of the molecule is CCNC(=O)NC(=O)C(C)NCCN(C)C. The molecule has 0 aromatic carbocycles. The van der Waals surface area contributed by atoms with Crippen molar-refractivity contribution in [3.63, 3.8) is 0 Å². The van der Waals surface area contributed by atoms with Crippen LogP contribution in [0.4, 0.5) is 4.79 Å². The van der Waals surface area contributed by atoms with Crippen molar-refractivity contribution in [3.05, 3.63) is 0 Å².